The first-order valence-corrected chi connectivity index (χ1v) is 8.33. The average Bonchev–Trinajstić information content (AvgIpc) is 3.23. The molecule has 3 aromatic heterocycles. The van der Waals surface area contributed by atoms with Crippen LogP contribution in [0.5, 0.6) is 0 Å². The number of rotatable bonds is 6. The van der Waals surface area contributed by atoms with E-state index in [1.807, 2.05) is 12.3 Å². The summed E-state index contributed by atoms with van der Waals surface area (Å²) in [4.78, 5) is 16.0. The summed E-state index contributed by atoms with van der Waals surface area (Å²) in [6.45, 7) is 2.84. The number of hydrogen-bond acceptors (Lipinski definition) is 6. The molecule has 0 saturated carbocycles. The molecule has 126 valence electrons. The van der Waals surface area contributed by atoms with Gasteiger partial charge in [-0.2, -0.15) is 0 Å². The molecular weight excluding hydrogens is 327 g/mol. The lowest BCUT2D eigenvalue weighted by atomic mass is 10.2. The van der Waals surface area contributed by atoms with Crippen LogP contribution in [0.25, 0.3) is 11.0 Å². The van der Waals surface area contributed by atoms with Gasteiger partial charge in [0.1, 0.15) is 22.3 Å². The van der Waals surface area contributed by atoms with Gasteiger partial charge in [-0.25, -0.2) is 19.3 Å². The Morgan fingerprint density at radius 3 is 2.79 bits per heavy atom. The molecule has 24 heavy (non-hydrogen) atoms. The number of nitrogens with two attached hydrogens (primary N) is 1. The van der Waals surface area contributed by atoms with Crippen LogP contribution in [0.2, 0.25) is 0 Å². The van der Waals surface area contributed by atoms with Crippen LogP contribution in [0.15, 0.2) is 11.6 Å². The molecule has 0 atom stereocenters. The third kappa shape index (κ3) is 3.69. The van der Waals surface area contributed by atoms with Crippen molar-refractivity contribution in [3.63, 3.8) is 0 Å². The van der Waals surface area contributed by atoms with Gasteiger partial charge in [0.25, 0.3) is 0 Å². The summed E-state index contributed by atoms with van der Waals surface area (Å²) >= 11 is 1.54. The van der Waals surface area contributed by atoms with Crippen molar-refractivity contribution in [2.45, 2.75) is 26.3 Å². The van der Waals surface area contributed by atoms with Gasteiger partial charge in [0.15, 0.2) is 5.82 Å². The molecule has 0 amide bonds. The van der Waals surface area contributed by atoms with Crippen molar-refractivity contribution in [3.8, 4) is 12.8 Å². The number of aromatic amines is 1. The van der Waals surface area contributed by atoms with Crippen molar-refractivity contribution in [1.82, 2.24) is 19.9 Å². The zero-order chi connectivity index (χ0) is 17.5. The summed E-state index contributed by atoms with van der Waals surface area (Å²) in [5.74, 6) is 0.827. The standard InChI is InChI=1S/C14H17FN6S.C2H2/c1-2-9-20-13(18-7-10-17-5-6-22-10)11-12(15)8(3-4-16)19-14(11)21-9;1-2/h5-6H,2-4,7,16H2,1H3,(H2,18,19,20,21);1-2H. The number of hydrogen-bond donors (Lipinski definition) is 3. The summed E-state index contributed by atoms with van der Waals surface area (Å²) in [7, 11) is 0. The Kier molecular flexibility index (Phi) is 6.23. The summed E-state index contributed by atoms with van der Waals surface area (Å²) in [6.07, 6.45) is 10.9. The second kappa shape index (κ2) is 8.38. The largest absolute Gasteiger partial charge is 0.363 e. The molecule has 3 rings (SSSR count). The molecule has 6 nitrogen and oxygen atoms in total. The fourth-order valence-corrected chi connectivity index (χ4v) is 2.81. The van der Waals surface area contributed by atoms with Crippen LogP contribution in [-0.4, -0.2) is 26.5 Å². The highest BCUT2D eigenvalue weighted by Crippen LogP contribution is 2.27. The van der Waals surface area contributed by atoms with Crippen molar-refractivity contribution in [3.05, 3.63) is 33.9 Å². The maximum absolute atomic E-state index is 14.6. The third-order valence-electron chi connectivity index (χ3n) is 3.31. The smallest absolute Gasteiger partial charge is 0.157 e. The Balaban J connectivity index is 0.00000100. The van der Waals surface area contributed by atoms with Gasteiger partial charge in [0.05, 0.1) is 17.6 Å². The Hall–Kier alpha value is -2.50. The number of H-pyrrole nitrogens is 1. The Morgan fingerprint density at radius 1 is 1.38 bits per heavy atom. The van der Waals surface area contributed by atoms with Crippen molar-refractivity contribution >= 4 is 28.2 Å². The molecule has 0 fully saturated rings. The third-order valence-corrected chi connectivity index (χ3v) is 4.09. The Morgan fingerprint density at radius 2 is 2.17 bits per heavy atom. The molecule has 0 saturated heterocycles. The molecule has 4 N–H and O–H groups in total. The molecule has 3 heterocycles. The van der Waals surface area contributed by atoms with Crippen molar-refractivity contribution in [1.29, 1.82) is 0 Å². The first-order chi connectivity index (χ1) is 11.7. The molecule has 0 aliphatic heterocycles. The van der Waals surface area contributed by atoms with Gasteiger partial charge >= 0.3 is 0 Å². The zero-order valence-corrected chi connectivity index (χ0v) is 14.2. The molecule has 8 heteroatoms. The lowest BCUT2D eigenvalue weighted by Crippen LogP contribution is -2.05. The van der Waals surface area contributed by atoms with Gasteiger partial charge in [0.2, 0.25) is 0 Å². The van der Waals surface area contributed by atoms with E-state index in [1.54, 1.807) is 6.20 Å². The first-order valence-electron chi connectivity index (χ1n) is 7.45. The molecule has 0 bridgehead atoms. The first kappa shape index (κ1) is 17.8. The molecule has 0 aromatic carbocycles. The van der Waals surface area contributed by atoms with Gasteiger partial charge in [-0.3, -0.25) is 0 Å². The number of fused-ring (bicyclic) bond motifs is 1. The number of nitrogens with zero attached hydrogens (tertiary/aromatic N) is 3. The molecular formula is C16H19FN6S. The van der Waals surface area contributed by atoms with E-state index in [0.29, 0.717) is 54.3 Å². The number of aryl methyl sites for hydroxylation is 1. The van der Waals surface area contributed by atoms with Gasteiger partial charge in [-0.1, -0.05) is 6.92 Å². The van der Waals surface area contributed by atoms with Gasteiger partial charge in [0, 0.05) is 24.4 Å². The van der Waals surface area contributed by atoms with E-state index in [0.717, 1.165) is 5.01 Å². The zero-order valence-electron chi connectivity index (χ0n) is 13.3. The quantitative estimate of drug-likeness (QED) is 0.596. The monoisotopic (exact) mass is 346 g/mol. The highest BCUT2D eigenvalue weighted by atomic mass is 32.1. The van der Waals surface area contributed by atoms with Gasteiger partial charge < -0.3 is 16.0 Å². The van der Waals surface area contributed by atoms with Crippen molar-refractivity contribution < 1.29 is 4.39 Å². The number of thiazole rings is 1. The van der Waals surface area contributed by atoms with Crippen LogP contribution in [0.3, 0.4) is 0 Å². The van der Waals surface area contributed by atoms with Crippen LogP contribution >= 0.6 is 11.3 Å². The second-order valence-corrected chi connectivity index (χ2v) is 5.78. The van der Waals surface area contributed by atoms with E-state index in [2.05, 4.69) is 38.1 Å². The fourth-order valence-electron chi connectivity index (χ4n) is 2.26. The van der Waals surface area contributed by atoms with E-state index in [1.165, 1.54) is 11.3 Å². The van der Waals surface area contributed by atoms with E-state index in [4.69, 9.17) is 5.73 Å². The Labute approximate surface area is 143 Å². The number of anilines is 1. The summed E-state index contributed by atoms with van der Waals surface area (Å²) in [5.41, 5.74) is 6.50. The number of terminal acetylenes is 1. The lowest BCUT2D eigenvalue weighted by molar-refractivity contribution is 0.618. The van der Waals surface area contributed by atoms with Crippen LogP contribution in [-0.2, 0) is 19.4 Å². The van der Waals surface area contributed by atoms with Gasteiger partial charge in [-0.05, 0) is 6.54 Å². The number of halogens is 1. The number of aromatic nitrogens is 4. The highest BCUT2D eigenvalue weighted by molar-refractivity contribution is 7.09. The molecule has 0 spiro atoms. The van der Waals surface area contributed by atoms with Crippen LogP contribution in [0.1, 0.15) is 23.4 Å². The second-order valence-electron chi connectivity index (χ2n) is 4.80. The average molecular weight is 346 g/mol. The molecule has 0 radical (unpaired) electrons. The maximum Gasteiger partial charge on any atom is 0.157 e. The highest BCUT2D eigenvalue weighted by Gasteiger charge is 2.18. The van der Waals surface area contributed by atoms with Crippen LogP contribution < -0.4 is 11.1 Å². The molecule has 3 aromatic rings. The predicted octanol–water partition coefficient (Wildman–Crippen LogP) is 2.48. The fraction of sp³-hybridized carbons (Fsp3) is 0.312. The topological polar surface area (TPSA) is 92.5 Å². The minimum Gasteiger partial charge on any atom is -0.363 e. The maximum atomic E-state index is 14.6. The number of nitrogens with one attached hydrogen (secondary N) is 2. The molecule has 0 unspecified atom stereocenters. The minimum absolute atomic E-state index is 0.329. The van der Waals surface area contributed by atoms with Crippen LogP contribution in [0.4, 0.5) is 10.2 Å². The predicted molar refractivity (Wildman–Crippen MR) is 95.3 cm³/mol. The van der Waals surface area contributed by atoms with Gasteiger partial charge in [-0.15, -0.1) is 24.2 Å². The SMILES string of the molecule is C#C.CCc1nc(NCc2nccs2)c2c(F)c(CCN)[nH]c2n1. The summed E-state index contributed by atoms with van der Waals surface area (Å²) < 4.78 is 14.6. The summed E-state index contributed by atoms with van der Waals surface area (Å²) in [5, 5.41) is 6.38. The normalized spacial score (nSPS) is 10.4. The van der Waals surface area contributed by atoms with E-state index < -0.39 is 0 Å². The van der Waals surface area contributed by atoms with Crippen LogP contribution in [0, 0.1) is 18.7 Å². The Bertz CT molecular complexity index is 809. The summed E-state index contributed by atoms with van der Waals surface area (Å²) in [6, 6.07) is 0. The molecule has 0 aliphatic rings. The van der Waals surface area contributed by atoms with Crippen molar-refractivity contribution in [2.75, 3.05) is 11.9 Å². The van der Waals surface area contributed by atoms with Crippen molar-refractivity contribution in [2.24, 2.45) is 5.73 Å². The van der Waals surface area contributed by atoms with E-state index >= 15 is 0 Å². The van der Waals surface area contributed by atoms with E-state index in [-0.39, 0.29) is 5.82 Å². The van der Waals surface area contributed by atoms with E-state index in [9.17, 15) is 4.39 Å². The lowest BCUT2D eigenvalue weighted by Gasteiger charge is -2.07. The minimum atomic E-state index is -0.329. The molecule has 0 aliphatic carbocycles.